The number of rotatable bonds is 9. The number of methoxy groups -OCH3 is 1. The molecule has 118 valence electrons. The zero-order chi connectivity index (χ0) is 15.7. The highest BCUT2D eigenvalue weighted by atomic mass is 16.5. The molecule has 21 heavy (non-hydrogen) atoms. The highest BCUT2D eigenvalue weighted by Crippen LogP contribution is 2.28. The van der Waals surface area contributed by atoms with Gasteiger partial charge in [-0.15, -0.1) is 0 Å². The highest BCUT2D eigenvalue weighted by molar-refractivity contribution is 5.77. The Bertz CT molecular complexity index is 444. The number of nitrogens with zero attached hydrogens (tertiary/aromatic N) is 1. The second-order valence-corrected chi connectivity index (χ2v) is 4.67. The third-order valence-electron chi connectivity index (χ3n) is 3.32. The average molecular weight is 295 g/mol. The predicted molar refractivity (Wildman–Crippen MR) is 81.8 cm³/mol. The number of aliphatic hydroxyl groups excluding tert-OH is 1. The van der Waals surface area contributed by atoms with E-state index in [0.29, 0.717) is 31.0 Å². The van der Waals surface area contributed by atoms with Crippen LogP contribution < -0.4 is 9.47 Å². The number of aryl methyl sites for hydroxylation is 1. The summed E-state index contributed by atoms with van der Waals surface area (Å²) in [5.41, 5.74) is 1.07. The van der Waals surface area contributed by atoms with Crippen LogP contribution in [0.5, 0.6) is 11.5 Å². The van der Waals surface area contributed by atoms with E-state index < -0.39 is 0 Å². The Morgan fingerprint density at radius 2 is 1.95 bits per heavy atom. The van der Waals surface area contributed by atoms with E-state index >= 15 is 0 Å². The van der Waals surface area contributed by atoms with E-state index in [0.717, 1.165) is 12.0 Å². The van der Waals surface area contributed by atoms with Crippen molar-refractivity contribution in [2.75, 3.05) is 33.4 Å². The standard InChI is InChI=1S/C16H25NO4/c1-4-17(5-2)16(19)12-21-14-9-8-13(7-6-10-18)11-15(14)20-3/h8-9,11,18H,4-7,10,12H2,1-3H3. The second kappa shape index (κ2) is 9.23. The van der Waals surface area contributed by atoms with Gasteiger partial charge in [0.15, 0.2) is 18.1 Å². The first kappa shape index (κ1) is 17.3. The Balaban J connectivity index is 2.68. The fourth-order valence-electron chi connectivity index (χ4n) is 2.08. The van der Waals surface area contributed by atoms with Gasteiger partial charge < -0.3 is 19.5 Å². The van der Waals surface area contributed by atoms with Crippen LogP contribution in [0.1, 0.15) is 25.8 Å². The van der Waals surface area contributed by atoms with Crippen LogP contribution in [-0.4, -0.2) is 49.3 Å². The molecule has 1 rings (SSSR count). The van der Waals surface area contributed by atoms with Crippen molar-refractivity contribution >= 4 is 5.91 Å². The van der Waals surface area contributed by atoms with Gasteiger partial charge in [0, 0.05) is 19.7 Å². The lowest BCUT2D eigenvalue weighted by Crippen LogP contribution is -2.34. The largest absolute Gasteiger partial charge is 0.493 e. The summed E-state index contributed by atoms with van der Waals surface area (Å²) in [5.74, 6) is 1.13. The molecule has 0 aliphatic rings. The first-order valence-electron chi connectivity index (χ1n) is 7.34. The Hall–Kier alpha value is -1.75. The minimum Gasteiger partial charge on any atom is -0.493 e. The van der Waals surface area contributed by atoms with Crippen LogP contribution in [0.25, 0.3) is 0 Å². The van der Waals surface area contributed by atoms with Crippen LogP contribution in [-0.2, 0) is 11.2 Å². The number of carbonyl (C=O) groups excluding carboxylic acids is 1. The number of carbonyl (C=O) groups is 1. The van der Waals surface area contributed by atoms with Gasteiger partial charge in [-0.1, -0.05) is 6.07 Å². The van der Waals surface area contributed by atoms with E-state index in [9.17, 15) is 4.79 Å². The highest BCUT2D eigenvalue weighted by Gasteiger charge is 2.12. The summed E-state index contributed by atoms with van der Waals surface area (Å²) < 4.78 is 10.9. The second-order valence-electron chi connectivity index (χ2n) is 4.67. The number of hydrogen-bond donors (Lipinski definition) is 1. The molecule has 0 bridgehead atoms. The lowest BCUT2D eigenvalue weighted by molar-refractivity contribution is -0.132. The lowest BCUT2D eigenvalue weighted by atomic mass is 10.1. The first-order valence-corrected chi connectivity index (χ1v) is 7.34. The summed E-state index contributed by atoms with van der Waals surface area (Å²) in [6, 6.07) is 5.61. The number of likely N-dealkylation sites (N-methyl/N-ethyl adjacent to an activating group) is 1. The van der Waals surface area contributed by atoms with E-state index in [1.807, 2.05) is 26.0 Å². The predicted octanol–water partition coefficient (Wildman–Crippen LogP) is 1.87. The van der Waals surface area contributed by atoms with Crippen molar-refractivity contribution in [2.24, 2.45) is 0 Å². The van der Waals surface area contributed by atoms with Crippen molar-refractivity contribution in [1.82, 2.24) is 4.90 Å². The van der Waals surface area contributed by atoms with E-state index in [-0.39, 0.29) is 19.1 Å². The molecule has 5 heteroatoms. The minimum absolute atomic E-state index is 0.00796. The molecule has 5 nitrogen and oxygen atoms in total. The summed E-state index contributed by atoms with van der Waals surface area (Å²) >= 11 is 0. The molecule has 0 aliphatic carbocycles. The van der Waals surface area contributed by atoms with Crippen molar-refractivity contribution in [2.45, 2.75) is 26.7 Å². The summed E-state index contributed by atoms with van der Waals surface area (Å²) in [6.45, 7) is 5.41. The van der Waals surface area contributed by atoms with Crippen molar-refractivity contribution in [3.05, 3.63) is 23.8 Å². The van der Waals surface area contributed by atoms with E-state index in [2.05, 4.69) is 0 Å². The van der Waals surface area contributed by atoms with E-state index in [1.54, 1.807) is 18.1 Å². The molecule has 1 aromatic rings. The zero-order valence-electron chi connectivity index (χ0n) is 13.1. The maximum Gasteiger partial charge on any atom is 0.260 e. The minimum atomic E-state index is -0.0357. The van der Waals surface area contributed by atoms with Crippen molar-refractivity contribution < 1.29 is 19.4 Å². The van der Waals surface area contributed by atoms with Crippen molar-refractivity contribution in [3.63, 3.8) is 0 Å². The third kappa shape index (κ3) is 5.27. The lowest BCUT2D eigenvalue weighted by Gasteiger charge is -2.19. The van der Waals surface area contributed by atoms with Gasteiger partial charge in [0.25, 0.3) is 5.91 Å². The van der Waals surface area contributed by atoms with Crippen LogP contribution >= 0.6 is 0 Å². The molecule has 0 fully saturated rings. The smallest absolute Gasteiger partial charge is 0.260 e. The third-order valence-corrected chi connectivity index (χ3v) is 3.32. The van der Waals surface area contributed by atoms with Crippen LogP contribution in [0.4, 0.5) is 0 Å². The number of ether oxygens (including phenoxy) is 2. The Morgan fingerprint density at radius 1 is 1.24 bits per heavy atom. The van der Waals surface area contributed by atoms with Crippen LogP contribution in [0.2, 0.25) is 0 Å². The molecule has 0 aromatic heterocycles. The number of amides is 1. The maximum atomic E-state index is 11.9. The molecule has 0 spiro atoms. The van der Waals surface area contributed by atoms with Gasteiger partial charge in [0.2, 0.25) is 0 Å². The summed E-state index contributed by atoms with van der Waals surface area (Å²) in [5, 5.41) is 8.85. The normalized spacial score (nSPS) is 10.3. The molecule has 0 atom stereocenters. The SMILES string of the molecule is CCN(CC)C(=O)COc1ccc(CCCO)cc1OC. The van der Waals surface area contributed by atoms with Gasteiger partial charge in [-0.3, -0.25) is 4.79 Å². The molecule has 0 aliphatic heterocycles. The first-order chi connectivity index (χ1) is 10.2. The topological polar surface area (TPSA) is 59.0 Å². The zero-order valence-corrected chi connectivity index (χ0v) is 13.1. The Labute approximate surface area is 126 Å². The van der Waals surface area contributed by atoms with Crippen molar-refractivity contribution in [3.8, 4) is 11.5 Å². The van der Waals surface area contributed by atoms with Crippen molar-refractivity contribution in [1.29, 1.82) is 0 Å². The van der Waals surface area contributed by atoms with E-state index in [1.165, 1.54) is 0 Å². The molecular weight excluding hydrogens is 270 g/mol. The molecule has 0 saturated carbocycles. The fourth-order valence-corrected chi connectivity index (χ4v) is 2.08. The fraction of sp³-hybridized carbons (Fsp3) is 0.562. The molecule has 0 unspecified atom stereocenters. The molecule has 1 aromatic carbocycles. The Kier molecular flexibility index (Phi) is 7.61. The number of benzene rings is 1. The molecular formula is C16H25NO4. The number of hydrogen-bond acceptors (Lipinski definition) is 4. The summed E-state index contributed by atoms with van der Waals surface area (Å²) in [7, 11) is 1.57. The molecule has 0 heterocycles. The molecule has 0 saturated heterocycles. The van der Waals surface area contributed by atoms with E-state index in [4.69, 9.17) is 14.6 Å². The van der Waals surface area contributed by atoms with Gasteiger partial charge in [-0.2, -0.15) is 0 Å². The number of aliphatic hydroxyl groups is 1. The van der Waals surface area contributed by atoms with Gasteiger partial charge in [-0.05, 0) is 44.4 Å². The molecule has 1 amide bonds. The molecule has 1 N–H and O–H groups in total. The molecule has 0 radical (unpaired) electrons. The van der Waals surface area contributed by atoms with Crippen LogP contribution in [0, 0.1) is 0 Å². The quantitative estimate of drug-likeness (QED) is 0.755. The monoisotopic (exact) mass is 295 g/mol. The Morgan fingerprint density at radius 3 is 2.52 bits per heavy atom. The maximum absolute atomic E-state index is 11.9. The van der Waals surface area contributed by atoms with Gasteiger partial charge >= 0.3 is 0 Å². The van der Waals surface area contributed by atoms with Gasteiger partial charge in [-0.25, -0.2) is 0 Å². The van der Waals surface area contributed by atoms with Gasteiger partial charge in [0.1, 0.15) is 0 Å². The van der Waals surface area contributed by atoms with Crippen LogP contribution in [0.15, 0.2) is 18.2 Å². The summed E-state index contributed by atoms with van der Waals surface area (Å²) in [6.07, 6.45) is 1.50. The van der Waals surface area contributed by atoms with Gasteiger partial charge in [0.05, 0.1) is 7.11 Å². The van der Waals surface area contributed by atoms with Crippen LogP contribution in [0.3, 0.4) is 0 Å². The average Bonchev–Trinajstić information content (AvgIpc) is 2.52. The summed E-state index contributed by atoms with van der Waals surface area (Å²) in [4.78, 5) is 13.6.